The molecule has 200 valence electrons. The number of rotatable bonds is 7. The van der Waals surface area contributed by atoms with Crippen LogP contribution < -0.4 is 10.2 Å². The molecule has 1 saturated carbocycles. The monoisotopic (exact) mass is 520 g/mol. The Kier molecular flexibility index (Phi) is 8.21. The van der Waals surface area contributed by atoms with Gasteiger partial charge < -0.3 is 19.9 Å². The van der Waals surface area contributed by atoms with Gasteiger partial charge in [-0.05, 0) is 68.5 Å². The summed E-state index contributed by atoms with van der Waals surface area (Å²) in [4.78, 5) is 26.9. The van der Waals surface area contributed by atoms with Crippen molar-refractivity contribution in [2.75, 3.05) is 43.0 Å². The van der Waals surface area contributed by atoms with E-state index >= 15 is 0 Å². The van der Waals surface area contributed by atoms with Crippen molar-refractivity contribution in [2.45, 2.75) is 50.9 Å². The molecule has 0 atom stereocenters. The van der Waals surface area contributed by atoms with Crippen molar-refractivity contribution in [1.82, 2.24) is 4.90 Å². The molecular weight excluding hydrogens is 489 g/mol. The second kappa shape index (κ2) is 11.4. The second-order valence-corrected chi connectivity index (χ2v) is 9.60. The summed E-state index contributed by atoms with van der Waals surface area (Å²) in [5.74, 6) is -0.0752. The topological polar surface area (TPSA) is 87.9 Å². The van der Waals surface area contributed by atoms with Crippen molar-refractivity contribution in [3.63, 3.8) is 0 Å². The van der Waals surface area contributed by atoms with Crippen LogP contribution >= 0.6 is 0 Å². The molecule has 1 amide bonds. The summed E-state index contributed by atoms with van der Waals surface area (Å²) in [5, 5.41) is 14.4. The van der Waals surface area contributed by atoms with Gasteiger partial charge in [0.25, 0.3) is 5.69 Å². The van der Waals surface area contributed by atoms with Gasteiger partial charge in [-0.15, -0.1) is 0 Å². The first-order chi connectivity index (χ1) is 17.6. The van der Waals surface area contributed by atoms with E-state index in [0.717, 1.165) is 49.1 Å². The van der Waals surface area contributed by atoms with Gasteiger partial charge in [0, 0.05) is 55.7 Å². The fourth-order valence-electron chi connectivity index (χ4n) is 4.87. The van der Waals surface area contributed by atoms with Crippen LogP contribution in [-0.2, 0) is 15.7 Å². The molecule has 2 aromatic carbocycles. The number of nitro groups is 1. The van der Waals surface area contributed by atoms with Crippen LogP contribution in [0.2, 0.25) is 0 Å². The molecule has 2 aromatic rings. The molecule has 1 aliphatic heterocycles. The molecule has 0 aromatic heterocycles. The molecule has 1 heterocycles. The highest BCUT2D eigenvalue weighted by Crippen LogP contribution is 2.31. The number of nitrogens with zero attached hydrogens (tertiary/aromatic N) is 3. The predicted molar refractivity (Wildman–Crippen MR) is 134 cm³/mol. The lowest BCUT2D eigenvalue weighted by atomic mass is 9.92. The molecule has 0 unspecified atom stereocenters. The number of carbonyl (C=O) groups is 1. The maximum atomic E-state index is 12.8. The van der Waals surface area contributed by atoms with Gasteiger partial charge in [0.15, 0.2) is 0 Å². The molecule has 1 aliphatic carbocycles. The Morgan fingerprint density at radius 1 is 1.05 bits per heavy atom. The highest BCUT2D eigenvalue weighted by atomic mass is 19.4. The number of halogens is 3. The summed E-state index contributed by atoms with van der Waals surface area (Å²) in [7, 11) is 0. The largest absolute Gasteiger partial charge is 0.416 e. The van der Waals surface area contributed by atoms with E-state index < -0.39 is 16.7 Å². The smallest absolute Gasteiger partial charge is 0.382 e. The van der Waals surface area contributed by atoms with Gasteiger partial charge in [-0.2, -0.15) is 13.2 Å². The lowest BCUT2D eigenvalue weighted by molar-refractivity contribution is -0.384. The lowest BCUT2D eigenvalue weighted by Gasteiger charge is -2.36. The maximum Gasteiger partial charge on any atom is 0.416 e. The van der Waals surface area contributed by atoms with Crippen molar-refractivity contribution in [1.29, 1.82) is 0 Å². The van der Waals surface area contributed by atoms with Gasteiger partial charge >= 0.3 is 6.18 Å². The van der Waals surface area contributed by atoms with Crippen LogP contribution in [-0.4, -0.2) is 60.7 Å². The van der Waals surface area contributed by atoms with Gasteiger partial charge in [-0.3, -0.25) is 14.9 Å². The molecule has 8 nitrogen and oxygen atoms in total. The van der Waals surface area contributed by atoms with Crippen molar-refractivity contribution < 1.29 is 27.6 Å². The average Bonchev–Trinajstić information content (AvgIpc) is 2.89. The Balaban J connectivity index is 1.16. The molecule has 1 saturated heterocycles. The van der Waals surface area contributed by atoms with E-state index in [-0.39, 0.29) is 30.3 Å². The molecule has 0 bridgehead atoms. The van der Waals surface area contributed by atoms with Gasteiger partial charge in [0.05, 0.1) is 16.6 Å². The van der Waals surface area contributed by atoms with Crippen LogP contribution in [0, 0.1) is 17.0 Å². The summed E-state index contributed by atoms with van der Waals surface area (Å²) < 4.78 is 44.2. The van der Waals surface area contributed by atoms with Crippen molar-refractivity contribution in [3.05, 3.63) is 63.7 Å². The molecule has 0 spiro atoms. The molecule has 2 fully saturated rings. The van der Waals surface area contributed by atoms with Crippen molar-refractivity contribution >= 4 is 23.0 Å². The van der Waals surface area contributed by atoms with Gasteiger partial charge in [-0.25, -0.2) is 0 Å². The first kappa shape index (κ1) is 26.7. The first-order valence-corrected chi connectivity index (χ1v) is 12.4. The van der Waals surface area contributed by atoms with Crippen molar-refractivity contribution in [3.8, 4) is 0 Å². The summed E-state index contributed by atoms with van der Waals surface area (Å²) in [6.07, 6.45) is -0.959. The van der Waals surface area contributed by atoms with Crippen LogP contribution in [0.5, 0.6) is 0 Å². The van der Waals surface area contributed by atoms with E-state index in [1.165, 1.54) is 18.2 Å². The second-order valence-electron chi connectivity index (χ2n) is 9.60. The number of nitrogens with one attached hydrogen (secondary N) is 1. The molecule has 1 N–H and O–H groups in total. The normalized spacial score (nSPS) is 20.5. The standard InChI is InChI=1S/C26H31F3N4O4/c1-18-16-22(33(35)36)8-11-24(18)30-20-4-9-23(10-5-20)37-17-25(34)32-14-12-31(13-15-32)21-6-2-19(3-7-21)26(27,28)29/h2-3,6-8,11,16,20,23,30H,4-5,9-10,12-15,17H2,1H3. The number of piperazine rings is 1. The highest BCUT2D eigenvalue weighted by molar-refractivity contribution is 5.77. The highest BCUT2D eigenvalue weighted by Gasteiger charge is 2.30. The quantitative estimate of drug-likeness (QED) is 0.408. The zero-order chi connectivity index (χ0) is 26.6. The number of amides is 1. The fraction of sp³-hybridized carbons (Fsp3) is 0.500. The third-order valence-corrected chi connectivity index (χ3v) is 7.09. The van der Waals surface area contributed by atoms with E-state index in [1.807, 2.05) is 11.8 Å². The number of alkyl halides is 3. The lowest BCUT2D eigenvalue weighted by Crippen LogP contribution is -2.50. The third kappa shape index (κ3) is 6.91. The Morgan fingerprint density at radius 3 is 2.27 bits per heavy atom. The number of non-ortho nitro benzene ring substituents is 1. The number of carbonyl (C=O) groups excluding carboxylic acids is 1. The van der Waals surface area contributed by atoms with Crippen LogP contribution in [0.15, 0.2) is 42.5 Å². The Hall–Kier alpha value is -3.34. The molecule has 11 heteroatoms. The molecule has 2 aliphatic rings. The number of hydrogen-bond donors (Lipinski definition) is 1. The summed E-state index contributed by atoms with van der Waals surface area (Å²) in [6, 6.07) is 10.1. The first-order valence-electron chi connectivity index (χ1n) is 12.4. The minimum absolute atomic E-state index is 0.00777. The van der Waals surface area contributed by atoms with Crippen LogP contribution in [0.4, 0.5) is 30.2 Å². The number of nitro benzene ring substituents is 1. The van der Waals surface area contributed by atoms with Gasteiger partial charge in [-0.1, -0.05) is 0 Å². The van der Waals surface area contributed by atoms with Crippen molar-refractivity contribution in [2.24, 2.45) is 0 Å². The fourth-order valence-corrected chi connectivity index (χ4v) is 4.87. The summed E-state index contributed by atoms with van der Waals surface area (Å²) >= 11 is 0. The van der Waals surface area contributed by atoms with E-state index in [0.29, 0.717) is 31.9 Å². The third-order valence-electron chi connectivity index (χ3n) is 7.09. The SMILES string of the molecule is Cc1cc([N+](=O)[O-])ccc1NC1CCC(OCC(=O)N2CCN(c3ccc(C(F)(F)F)cc3)CC2)CC1. The summed E-state index contributed by atoms with van der Waals surface area (Å²) in [5.41, 5.74) is 1.84. The molecule has 0 radical (unpaired) electrons. The van der Waals surface area contributed by atoms with Crippen LogP contribution in [0.3, 0.4) is 0 Å². The van der Waals surface area contributed by atoms with Gasteiger partial charge in [0.1, 0.15) is 6.61 Å². The van der Waals surface area contributed by atoms with E-state index in [1.54, 1.807) is 17.0 Å². The molecule has 37 heavy (non-hydrogen) atoms. The zero-order valence-corrected chi connectivity index (χ0v) is 20.7. The predicted octanol–water partition coefficient (Wildman–Crippen LogP) is 5.01. The van der Waals surface area contributed by atoms with Crippen LogP contribution in [0.25, 0.3) is 0 Å². The Labute approximate surface area is 213 Å². The number of ether oxygens (including phenoxy) is 1. The van der Waals surface area contributed by atoms with E-state index in [9.17, 15) is 28.1 Å². The molecule has 4 rings (SSSR count). The molecular formula is C26H31F3N4O4. The minimum Gasteiger partial charge on any atom is -0.382 e. The summed E-state index contributed by atoms with van der Waals surface area (Å²) in [6.45, 7) is 3.96. The van der Waals surface area contributed by atoms with Gasteiger partial charge in [0.2, 0.25) is 5.91 Å². The number of anilines is 2. The van der Waals surface area contributed by atoms with E-state index in [2.05, 4.69) is 5.32 Å². The number of aryl methyl sites for hydroxylation is 1. The minimum atomic E-state index is -4.36. The Morgan fingerprint density at radius 2 is 1.70 bits per heavy atom. The zero-order valence-electron chi connectivity index (χ0n) is 20.7. The van der Waals surface area contributed by atoms with Crippen LogP contribution in [0.1, 0.15) is 36.8 Å². The number of hydrogen-bond acceptors (Lipinski definition) is 6. The number of benzene rings is 2. The average molecular weight is 521 g/mol. The van der Waals surface area contributed by atoms with E-state index in [4.69, 9.17) is 4.74 Å². The maximum absolute atomic E-state index is 12.8. The Bertz CT molecular complexity index is 1090.